The third-order valence-electron chi connectivity index (χ3n) is 6.21. The number of ether oxygens (including phenoxy) is 1. The summed E-state index contributed by atoms with van der Waals surface area (Å²) in [4.78, 5) is 26.3. The summed E-state index contributed by atoms with van der Waals surface area (Å²) in [6.07, 6.45) is 7.69. The standard InChI is InChI=1S/C19H25NO3S/c1-10-3-6-13-15(7-10)24-18(16(13)19(22)23-2)20-17(21)14-9-11-4-5-12(14)8-11/h10-12,14H,3-9H2,1-2H3,(H,20,21)/t10-,11+,12+,14-/m0/s1. The predicted molar refractivity (Wildman–Crippen MR) is 94.4 cm³/mol. The van der Waals surface area contributed by atoms with Crippen LogP contribution >= 0.6 is 11.3 Å². The number of methoxy groups -OCH3 is 1. The van der Waals surface area contributed by atoms with Gasteiger partial charge in [-0.3, -0.25) is 4.79 Å². The molecule has 4 atom stereocenters. The molecule has 1 heterocycles. The van der Waals surface area contributed by atoms with Crippen molar-refractivity contribution in [1.29, 1.82) is 0 Å². The number of fused-ring (bicyclic) bond motifs is 3. The maximum absolute atomic E-state index is 12.8. The fourth-order valence-corrected chi connectivity index (χ4v) is 6.33. The van der Waals surface area contributed by atoms with Crippen LogP contribution in [0.3, 0.4) is 0 Å². The van der Waals surface area contributed by atoms with Crippen molar-refractivity contribution in [2.75, 3.05) is 12.4 Å². The van der Waals surface area contributed by atoms with Crippen molar-refractivity contribution >= 4 is 28.2 Å². The molecule has 1 amide bonds. The smallest absolute Gasteiger partial charge is 0.341 e. The Hall–Kier alpha value is -1.36. The maximum Gasteiger partial charge on any atom is 0.341 e. The Labute approximate surface area is 147 Å². The van der Waals surface area contributed by atoms with Gasteiger partial charge in [-0.1, -0.05) is 13.3 Å². The van der Waals surface area contributed by atoms with Crippen LogP contribution < -0.4 is 5.32 Å². The number of anilines is 1. The number of carbonyl (C=O) groups is 2. The first-order valence-corrected chi connectivity index (χ1v) is 9.92. The molecule has 1 aromatic heterocycles. The van der Waals surface area contributed by atoms with E-state index in [0.29, 0.717) is 22.4 Å². The molecular weight excluding hydrogens is 322 g/mol. The van der Waals surface area contributed by atoms with E-state index in [0.717, 1.165) is 37.2 Å². The third-order valence-corrected chi connectivity index (χ3v) is 7.38. The van der Waals surface area contributed by atoms with Gasteiger partial charge in [0.15, 0.2) is 0 Å². The minimum atomic E-state index is -0.315. The second-order valence-electron chi connectivity index (χ2n) is 7.82. The summed E-state index contributed by atoms with van der Waals surface area (Å²) in [6.45, 7) is 2.24. The summed E-state index contributed by atoms with van der Waals surface area (Å²) in [6, 6.07) is 0. The molecule has 3 aliphatic carbocycles. The van der Waals surface area contributed by atoms with E-state index in [1.165, 1.54) is 31.2 Å². The van der Waals surface area contributed by atoms with Gasteiger partial charge in [0.1, 0.15) is 5.00 Å². The first kappa shape index (κ1) is 16.1. The molecule has 2 bridgehead atoms. The predicted octanol–water partition coefficient (Wildman–Crippen LogP) is 4.03. The van der Waals surface area contributed by atoms with Crippen LogP contribution in [0.2, 0.25) is 0 Å². The number of nitrogens with one attached hydrogen (secondary N) is 1. The Bertz CT molecular complexity index is 680. The lowest BCUT2D eigenvalue weighted by atomic mass is 9.87. The molecule has 5 heteroatoms. The molecule has 0 unspecified atom stereocenters. The lowest BCUT2D eigenvalue weighted by Crippen LogP contribution is -2.27. The number of esters is 1. The summed E-state index contributed by atoms with van der Waals surface area (Å²) in [5.74, 6) is 1.85. The van der Waals surface area contributed by atoms with Gasteiger partial charge in [-0.15, -0.1) is 11.3 Å². The van der Waals surface area contributed by atoms with Crippen LogP contribution in [-0.4, -0.2) is 19.0 Å². The number of hydrogen-bond donors (Lipinski definition) is 1. The maximum atomic E-state index is 12.8. The van der Waals surface area contributed by atoms with Crippen molar-refractivity contribution in [3.63, 3.8) is 0 Å². The van der Waals surface area contributed by atoms with E-state index in [1.807, 2.05) is 0 Å². The van der Waals surface area contributed by atoms with Gasteiger partial charge < -0.3 is 10.1 Å². The van der Waals surface area contributed by atoms with E-state index in [9.17, 15) is 9.59 Å². The van der Waals surface area contributed by atoms with E-state index < -0.39 is 0 Å². The fourth-order valence-electron chi connectivity index (χ4n) is 4.93. The molecule has 0 aromatic carbocycles. The van der Waals surface area contributed by atoms with Gasteiger partial charge >= 0.3 is 5.97 Å². The average Bonchev–Trinajstić information content (AvgIpc) is 3.27. The molecule has 0 radical (unpaired) electrons. The lowest BCUT2D eigenvalue weighted by Gasteiger charge is -2.20. The van der Waals surface area contributed by atoms with Crippen LogP contribution in [0.25, 0.3) is 0 Å². The molecule has 1 aromatic rings. The van der Waals surface area contributed by atoms with Crippen molar-refractivity contribution in [3.8, 4) is 0 Å². The highest BCUT2D eigenvalue weighted by atomic mass is 32.1. The molecule has 0 spiro atoms. The van der Waals surface area contributed by atoms with Gasteiger partial charge in [0.05, 0.1) is 12.7 Å². The average molecular weight is 347 g/mol. The fraction of sp³-hybridized carbons (Fsp3) is 0.684. The van der Waals surface area contributed by atoms with Gasteiger partial charge in [0.25, 0.3) is 0 Å². The zero-order valence-corrected chi connectivity index (χ0v) is 15.2. The molecule has 4 nitrogen and oxygen atoms in total. The molecular formula is C19H25NO3S. The van der Waals surface area contributed by atoms with Crippen LogP contribution in [-0.2, 0) is 22.4 Å². The Balaban J connectivity index is 1.60. The highest BCUT2D eigenvalue weighted by molar-refractivity contribution is 7.17. The van der Waals surface area contributed by atoms with Crippen molar-refractivity contribution in [3.05, 3.63) is 16.0 Å². The van der Waals surface area contributed by atoms with Gasteiger partial charge in [-0.2, -0.15) is 0 Å². The molecule has 3 aliphatic rings. The van der Waals surface area contributed by atoms with Crippen LogP contribution in [0.1, 0.15) is 59.8 Å². The Morgan fingerprint density at radius 3 is 2.71 bits per heavy atom. The van der Waals surface area contributed by atoms with E-state index in [4.69, 9.17) is 4.74 Å². The Kier molecular flexibility index (Phi) is 4.15. The Morgan fingerprint density at radius 2 is 2.04 bits per heavy atom. The number of amides is 1. The topological polar surface area (TPSA) is 55.4 Å². The van der Waals surface area contributed by atoms with Gasteiger partial charge in [-0.05, 0) is 61.8 Å². The molecule has 130 valence electrons. The van der Waals surface area contributed by atoms with Crippen molar-refractivity contribution in [2.45, 2.75) is 51.9 Å². The second-order valence-corrected chi connectivity index (χ2v) is 8.92. The minimum Gasteiger partial charge on any atom is -0.465 e. The molecule has 2 saturated carbocycles. The van der Waals surface area contributed by atoms with Crippen LogP contribution in [0.4, 0.5) is 5.00 Å². The summed E-state index contributed by atoms with van der Waals surface area (Å²) in [5, 5.41) is 3.82. The molecule has 1 N–H and O–H groups in total. The zero-order valence-electron chi connectivity index (χ0n) is 14.4. The van der Waals surface area contributed by atoms with Crippen molar-refractivity contribution < 1.29 is 14.3 Å². The van der Waals surface area contributed by atoms with E-state index >= 15 is 0 Å². The normalized spacial score (nSPS) is 30.9. The largest absolute Gasteiger partial charge is 0.465 e. The second kappa shape index (κ2) is 6.17. The number of thiophene rings is 1. The highest BCUT2D eigenvalue weighted by Gasteiger charge is 2.43. The quantitative estimate of drug-likeness (QED) is 0.840. The van der Waals surface area contributed by atoms with Crippen LogP contribution in [0, 0.1) is 23.7 Å². The molecule has 24 heavy (non-hydrogen) atoms. The molecule has 0 saturated heterocycles. The summed E-state index contributed by atoms with van der Waals surface area (Å²) in [5.41, 5.74) is 1.72. The van der Waals surface area contributed by atoms with E-state index in [-0.39, 0.29) is 17.8 Å². The molecule has 2 fully saturated rings. The lowest BCUT2D eigenvalue weighted by molar-refractivity contribution is -0.121. The van der Waals surface area contributed by atoms with Crippen molar-refractivity contribution in [2.24, 2.45) is 23.7 Å². The first-order valence-electron chi connectivity index (χ1n) is 9.10. The number of rotatable bonds is 3. The first-order chi connectivity index (χ1) is 11.6. The minimum absolute atomic E-state index is 0.110. The van der Waals surface area contributed by atoms with E-state index in [2.05, 4.69) is 12.2 Å². The van der Waals surface area contributed by atoms with Gasteiger partial charge in [0.2, 0.25) is 5.91 Å². The van der Waals surface area contributed by atoms with Crippen molar-refractivity contribution in [1.82, 2.24) is 0 Å². The molecule has 0 aliphatic heterocycles. The monoisotopic (exact) mass is 347 g/mol. The van der Waals surface area contributed by atoms with Gasteiger partial charge in [-0.25, -0.2) is 4.79 Å². The molecule has 4 rings (SSSR count). The zero-order chi connectivity index (χ0) is 16.8. The van der Waals surface area contributed by atoms with E-state index in [1.54, 1.807) is 11.3 Å². The summed E-state index contributed by atoms with van der Waals surface area (Å²) in [7, 11) is 1.42. The summed E-state index contributed by atoms with van der Waals surface area (Å²) < 4.78 is 5.00. The van der Waals surface area contributed by atoms with Crippen LogP contribution in [0.5, 0.6) is 0 Å². The van der Waals surface area contributed by atoms with Crippen LogP contribution in [0.15, 0.2) is 0 Å². The SMILES string of the molecule is COC(=O)c1c(NC(=O)[C@H]2C[C@@H]3CC[C@@H]2C3)sc2c1CC[C@H](C)C2. The Morgan fingerprint density at radius 1 is 1.21 bits per heavy atom. The highest BCUT2D eigenvalue weighted by Crippen LogP contribution is 2.49. The number of hydrogen-bond acceptors (Lipinski definition) is 4. The van der Waals surface area contributed by atoms with Gasteiger partial charge in [0, 0.05) is 10.8 Å². The third kappa shape index (κ3) is 2.67. The summed E-state index contributed by atoms with van der Waals surface area (Å²) >= 11 is 1.58. The number of carbonyl (C=O) groups excluding carboxylic acids is 2.